The third kappa shape index (κ3) is 3.84. The number of aromatic amines is 1. The Hall–Kier alpha value is -2.37. The van der Waals surface area contributed by atoms with Gasteiger partial charge in [-0.15, -0.1) is 0 Å². The van der Waals surface area contributed by atoms with E-state index in [-0.39, 0.29) is 17.7 Å². The summed E-state index contributed by atoms with van der Waals surface area (Å²) in [5, 5.41) is 0. The minimum Gasteiger partial charge on any atom is -0.342 e. The molecule has 2 aliphatic rings. The lowest BCUT2D eigenvalue weighted by atomic mass is 9.94. The maximum atomic E-state index is 12.8. The lowest BCUT2D eigenvalue weighted by molar-refractivity contribution is -0.142. The van der Waals surface area contributed by atoms with Gasteiger partial charge in [0.15, 0.2) is 0 Å². The Bertz CT molecular complexity index is 783. The van der Waals surface area contributed by atoms with Gasteiger partial charge >= 0.3 is 0 Å². The van der Waals surface area contributed by atoms with Gasteiger partial charge in [0, 0.05) is 32.0 Å². The average molecular weight is 368 g/mol. The van der Waals surface area contributed by atoms with Crippen molar-refractivity contribution in [1.29, 1.82) is 0 Å². The van der Waals surface area contributed by atoms with Crippen molar-refractivity contribution in [3.8, 4) is 0 Å². The Labute approximate surface area is 159 Å². The Morgan fingerprint density at radius 2 is 1.81 bits per heavy atom. The molecule has 6 nitrogen and oxygen atoms in total. The summed E-state index contributed by atoms with van der Waals surface area (Å²) in [6.07, 6.45) is 5.97. The number of H-pyrrole nitrogens is 1. The van der Waals surface area contributed by atoms with Crippen LogP contribution in [0.5, 0.6) is 0 Å². The fraction of sp³-hybridized carbons (Fsp3) is 0.571. The van der Waals surface area contributed by atoms with Gasteiger partial charge in [-0.25, -0.2) is 4.98 Å². The number of amides is 2. The molecule has 1 aliphatic carbocycles. The van der Waals surface area contributed by atoms with Crippen LogP contribution in [0.4, 0.5) is 0 Å². The van der Waals surface area contributed by atoms with Crippen LogP contribution in [0.25, 0.3) is 11.0 Å². The maximum absolute atomic E-state index is 12.8. The number of nitrogens with zero attached hydrogens (tertiary/aromatic N) is 3. The summed E-state index contributed by atoms with van der Waals surface area (Å²) in [4.78, 5) is 37.0. The molecule has 1 N–H and O–H groups in total. The highest BCUT2D eigenvalue weighted by Crippen LogP contribution is 2.29. The fourth-order valence-electron chi connectivity index (χ4n) is 4.47. The number of aromatic nitrogens is 2. The summed E-state index contributed by atoms with van der Waals surface area (Å²) in [6, 6.07) is 7.89. The zero-order valence-electron chi connectivity index (χ0n) is 16.0. The minimum atomic E-state index is 0.00649. The molecular weight excluding hydrogens is 340 g/mol. The first-order valence-electron chi connectivity index (χ1n) is 10.1. The molecule has 6 heteroatoms. The molecule has 27 heavy (non-hydrogen) atoms. The standard InChI is InChI=1S/C21H28N4O2/c1-24(14-19-22-17-8-4-5-9-18(17)23-19)20(26)16-10-12-25(13-11-16)21(27)15-6-2-3-7-15/h4-5,8-9,15-16H,2-3,6-7,10-14H2,1H3,(H,22,23). The van der Waals surface area contributed by atoms with E-state index in [1.54, 1.807) is 4.90 Å². The lowest BCUT2D eigenvalue weighted by Gasteiger charge is -2.34. The second-order valence-corrected chi connectivity index (χ2v) is 7.98. The van der Waals surface area contributed by atoms with Crippen molar-refractivity contribution in [2.24, 2.45) is 11.8 Å². The fourth-order valence-corrected chi connectivity index (χ4v) is 4.47. The summed E-state index contributed by atoms with van der Waals surface area (Å²) in [6.45, 7) is 1.91. The van der Waals surface area contributed by atoms with Gasteiger partial charge in [0.25, 0.3) is 0 Å². The van der Waals surface area contributed by atoms with E-state index in [0.717, 1.165) is 42.5 Å². The molecule has 1 saturated heterocycles. The van der Waals surface area contributed by atoms with Crippen LogP contribution in [-0.4, -0.2) is 51.7 Å². The van der Waals surface area contributed by atoms with E-state index in [2.05, 4.69) is 9.97 Å². The molecule has 0 atom stereocenters. The van der Waals surface area contributed by atoms with E-state index >= 15 is 0 Å². The van der Waals surface area contributed by atoms with Crippen LogP contribution in [0.1, 0.15) is 44.3 Å². The van der Waals surface area contributed by atoms with E-state index in [9.17, 15) is 9.59 Å². The summed E-state index contributed by atoms with van der Waals surface area (Å²) < 4.78 is 0. The quantitative estimate of drug-likeness (QED) is 0.902. The number of hydrogen-bond acceptors (Lipinski definition) is 3. The van der Waals surface area contributed by atoms with Crippen LogP contribution < -0.4 is 0 Å². The van der Waals surface area contributed by atoms with Gasteiger partial charge in [-0.3, -0.25) is 9.59 Å². The predicted molar refractivity (Wildman–Crippen MR) is 104 cm³/mol. The van der Waals surface area contributed by atoms with Crippen molar-refractivity contribution in [3.05, 3.63) is 30.1 Å². The number of imidazole rings is 1. The zero-order valence-corrected chi connectivity index (χ0v) is 16.0. The Morgan fingerprint density at radius 1 is 1.11 bits per heavy atom. The number of nitrogens with one attached hydrogen (secondary N) is 1. The number of likely N-dealkylation sites (tertiary alicyclic amines) is 1. The normalized spacial score (nSPS) is 18.9. The van der Waals surface area contributed by atoms with Crippen molar-refractivity contribution in [2.75, 3.05) is 20.1 Å². The molecule has 2 fully saturated rings. The van der Waals surface area contributed by atoms with E-state index in [4.69, 9.17) is 0 Å². The first kappa shape index (κ1) is 18.0. The van der Waals surface area contributed by atoms with Gasteiger partial charge in [-0.05, 0) is 37.8 Å². The SMILES string of the molecule is CN(Cc1nc2ccccc2[nH]1)C(=O)C1CCN(C(=O)C2CCCC2)CC1. The maximum Gasteiger partial charge on any atom is 0.225 e. The van der Waals surface area contributed by atoms with Crippen LogP contribution in [0.15, 0.2) is 24.3 Å². The first-order chi connectivity index (χ1) is 13.1. The van der Waals surface area contributed by atoms with Gasteiger partial charge in [-0.2, -0.15) is 0 Å². The molecule has 0 radical (unpaired) electrons. The highest BCUT2D eigenvalue weighted by Gasteiger charge is 2.33. The molecule has 2 aromatic rings. The monoisotopic (exact) mass is 368 g/mol. The number of fused-ring (bicyclic) bond motifs is 1. The molecular formula is C21H28N4O2. The largest absolute Gasteiger partial charge is 0.342 e. The van der Waals surface area contributed by atoms with Gasteiger partial charge in [0.05, 0.1) is 17.6 Å². The van der Waals surface area contributed by atoms with Crippen LogP contribution in [0.2, 0.25) is 0 Å². The molecule has 0 spiro atoms. The van der Waals surface area contributed by atoms with Crippen LogP contribution in [0.3, 0.4) is 0 Å². The number of carbonyl (C=O) groups excluding carboxylic acids is 2. The minimum absolute atomic E-state index is 0.00649. The number of piperidine rings is 1. The number of hydrogen-bond donors (Lipinski definition) is 1. The van der Waals surface area contributed by atoms with Crippen molar-refractivity contribution in [1.82, 2.24) is 19.8 Å². The molecule has 1 aromatic heterocycles. The topological polar surface area (TPSA) is 69.3 Å². The Balaban J connectivity index is 1.31. The molecule has 1 aliphatic heterocycles. The molecule has 2 heterocycles. The summed E-state index contributed by atoms with van der Waals surface area (Å²) in [7, 11) is 1.84. The Kier molecular flexibility index (Phi) is 5.14. The van der Waals surface area contributed by atoms with E-state index < -0.39 is 0 Å². The molecule has 1 aromatic carbocycles. The lowest BCUT2D eigenvalue weighted by Crippen LogP contribution is -2.45. The molecule has 1 saturated carbocycles. The number of rotatable bonds is 4. The number of para-hydroxylation sites is 2. The summed E-state index contributed by atoms with van der Waals surface area (Å²) in [5.74, 6) is 1.51. The second kappa shape index (κ2) is 7.71. The predicted octanol–water partition coefficient (Wildman–Crippen LogP) is 2.95. The third-order valence-electron chi connectivity index (χ3n) is 6.06. The second-order valence-electron chi connectivity index (χ2n) is 7.98. The summed E-state index contributed by atoms with van der Waals surface area (Å²) in [5.41, 5.74) is 1.92. The van der Waals surface area contributed by atoms with Crippen molar-refractivity contribution >= 4 is 22.8 Å². The summed E-state index contributed by atoms with van der Waals surface area (Å²) >= 11 is 0. The van der Waals surface area contributed by atoms with E-state index in [1.165, 1.54) is 12.8 Å². The van der Waals surface area contributed by atoms with Gasteiger partial charge in [0.1, 0.15) is 5.82 Å². The molecule has 144 valence electrons. The van der Waals surface area contributed by atoms with E-state index in [0.29, 0.717) is 25.5 Å². The zero-order chi connectivity index (χ0) is 18.8. The smallest absolute Gasteiger partial charge is 0.225 e. The molecule has 0 unspecified atom stereocenters. The molecule has 4 rings (SSSR count). The highest BCUT2D eigenvalue weighted by molar-refractivity contribution is 5.81. The third-order valence-corrected chi connectivity index (χ3v) is 6.06. The average Bonchev–Trinajstić information content (AvgIpc) is 3.36. The number of carbonyl (C=O) groups is 2. The Morgan fingerprint density at radius 3 is 2.52 bits per heavy atom. The highest BCUT2D eigenvalue weighted by atomic mass is 16.2. The van der Waals surface area contributed by atoms with Crippen LogP contribution >= 0.6 is 0 Å². The van der Waals surface area contributed by atoms with Gasteiger partial charge in [-0.1, -0.05) is 25.0 Å². The molecule has 2 amide bonds. The van der Waals surface area contributed by atoms with E-state index in [1.807, 2.05) is 36.2 Å². The number of benzene rings is 1. The molecule has 0 bridgehead atoms. The van der Waals surface area contributed by atoms with Crippen molar-refractivity contribution in [3.63, 3.8) is 0 Å². The van der Waals surface area contributed by atoms with Gasteiger partial charge in [0.2, 0.25) is 11.8 Å². The van der Waals surface area contributed by atoms with Crippen LogP contribution in [0, 0.1) is 11.8 Å². The first-order valence-corrected chi connectivity index (χ1v) is 10.1. The van der Waals surface area contributed by atoms with Crippen molar-refractivity contribution < 1.29 is 9.59 Å². The van der Waals surface area contributed by atoms with Gasteiger partial charge < -0.3 is 14.8 Å². The van der Waals surface area contributed by atoms with Crippen molar-refractivity contribution in [2.45, 2.75) is 45.1 Å². The van der Waals surface area contributed by atoms with Crippen LogP contribution in [-0.2, 0) is 16.1 Å².